The van der Waals surface area contributed by atoms with Crippen LogP contribution in [0.25, 0.3) is 0 Å². The molecule has 0 unspecified atom stereocenters. The first-order valence-corrected chi connectivity index (χ1v) is 10.8. The number of carbonyl (C=O) groups excluding carboxylic acids is 4. The number of nitrogens with one attached hydrogen (secondary N) is 1. The van der Waals surface area contributed by atoms with Crippen LogP contribution in [0.3, 0.4) is 0 Å². The highest BCUT2D eigenvalue weighted by atomic mass is 16.6. The molecule has 0 bridgehead atoms. The zero-order valence-corrected chi connectivity index (χ0v) is 19.9. The van der Waals surface area contributed by atoms with E-state index < -0.39 is 23.3 Å². The molecule has 1 heterocycles. The summed E-state index contributed by atoms with van der Waals surface area (Å²) in [5.74, 6) is 0. The highest BCUT2D eigenvalue weighted by molar-refractivity contribution is 5.74. The molecule has 0 radical (unpaired) electrons. The molecule has 1 N–H and O–H groups in total. The van der Waals surface area contributed by atoms with Crippen molar-refractivity contribution in [3.05, 3.63) is 35.9 Å². The SMILES string of the molecule is CC(C)(C)OC(=O)N1CCC[C@@H]1C=O.CC(C)(C)OC(=O)N[C@@H](C=O)Cc1ccccc1. The van der Waals surface area contributed by atoms with Gasteiger partial charge in [0.25, 0.3) is 0 Å². The molecule has 2 rings (SSSR count). The smallest absolute Gasteiger partial charge is 0.410 e. The van der Waals surface area contributed by atoms with Crippen molar-refractivity contribution in [3.8, 4) is 0 Å². The van der Waals surface area contributed by atoms with Gasteiger partial charge in [-0.05, 0) is 66.4 Å². The summed E-state index contributed by atoms with van der Waals surface area (Å²) in [6.45, 7) is 11.4. The Morgan fingerprint density at radius 2 is 1.66 bits per heavy atom. The predicted molar refractivity (Wildman–Crippen MR) is 121 cm³/mol. The van der Waals surface area contributed by atoms with Crippen LogP contribution in [0.4, 0.5) is 9.59 Å². The normalized spacial score (nSPS) is 16.8. The number of hydrogen-bond acceptors (Lipinski definition) is 6. The third-order valence-electron chi connectivity index (χ3n) is 4.25. The van der Waals surface area contributed by atoms with Crippen molar-refractivity contribution < 1.29 is 28.7 Å². The molecule has 1 aliphatic heterocycles. The van der Waals surface area contributed by atoms with Gasteiger partial charge < -0.3 is 24.4 Å². The summed E-state index contributed by atoms with van der Waals surface area (Å²) in [6, 6.07) is 8.66. The minimum absolute atomic E-state index is 0.287. The lowest BCUT2D eigenvalue weighted by Crippen LogP contribution is -2.41. The molecule has 2 amide bonds. The van der Waals surface area contributed by atoms with Crippen molar-refractivity contribution in [2.75, 3.05) is 6.54 Å². The van der Waals surface area contributed by atoms with Gasteiger partial charge in [0.2, 0.25) is 0 Å². The van der Waals surface area contributed by atoms with Gasteiger partial charge in [-0.2, -0.15) is 0 Å². The van der Waals surface area contributed by atoms with Crippen LogP contribution in [0.15, 0.2) is 30.3 Å². The van der Waals surface area contributed by atoms with E-state index in [1.54, 1.807) is 20.8 Å². The highest BCUT2D eigenvalue weighted by Gasteiger charge is 2.31. The van der Waals surface area contributed by atoms with Crippen LogP contribution in [0.5, 0.6) is 0 Å². The number of hydrogen-bond donors (Lipinski definition) is 1. The lowest BCUT2D eigenvalue weighted by Gasteiger charge is -2.26. The number of amides is 2. The maximum Gasteiger partial charge on any atom is 0.410 e. The molecule has 1 aromatic carbocycles. The van der Waals surface area contributed by atoms with Crippen LogP contribution in [0.1, 0.15) is 59.9 Å². The van der Waals surface area contributed by atoms with Gasteiger partial charge in [0.05, 0.1) is 12.1 Å². The molecule has 8 heteroatoms. The number of carbonyl (C=O) groups is 4. The molecule has 1 fully saturated rings. The van der Waals surface area contributed by atoms with Crippen molar-refractivity contribution in [2.24, 2.45) is 0 Å². The van der Waals surface area contributed by atoms with Crippen LogP contribution in [0.2, 0.25) is 0 Å². The molecule has 0 aliphatic carbocycles. The minimum atomic E-state index is -0.574. The number of nitrogens with zero attached hydrogens (tertiary/aromatic N) is 1. The second-order valence-corrected chi connectivity index (χ2v) is 9.60. The fourth-order valence-corrected chi connectivity index (χ4v) is 2.94. The van der Waals surface area contributed by atoms with Gasteiger partial charge in [-0.15, -0.1) is 0 Å². The summed E-state index contributed by atoms with van der Waals surface area (Å²) >= 11 is 0. The van der Waals surface area contributed by atoms with Crippen molar-refractivity contribution in [1.29, 1.82) is 0 Å². The first kappa shape index (κ1) is 27.1. The molecule has 1 saturated heterocycles. The fourth-order valence-electron chi connectivity index (χ4n) is 2.94. The second kappa shape index (κ2) is 12.2. The highest BCUT2D eigenvalue weighted by Crippen LogP contribution is 2.19. The number of alkyl carbamates (subject to hydrolysis) is 1. The van der Waals surface area contributed by atoms with Crippen LogP contribution >= 0.6 is 0 Å². The van der Waals surface area contributed by atoms with Gasteiger partial charge in [-0.3, -0.25) is 4.90 Å². The molecule has 1 aromatic rings. The van der Waals surface area contributed by atoms with Gasteiger partial charge in [0.1, 0.15) is 23.8 Å². The average Bonchev–Trinajstić information content (AvgIpc) is 3.15. The van der Waals surface area contributed by atoms with E-state index >= 15 is 0 Å². The third-order valence-corrected chi connectivity index (χ3v) is 4.25. The van der Waals surface area contributed by atoms with E-state index in [4.69, 9.17) is 9.47 Å². The van der Waals surface area contributed by atoms with E-state index in [1.165, 1.54) is 4.90 Å². The van der Waals surface area contributed by atoms with E-state index in [1.807, 2.05) is 51.1 Å². The Balaban J connectivity index is 0.000000330. The number of rotatable bonds is 5. The van der Waals surface area contributed by atoms with Gasteiger partial charge >= 0.3 is 12.2 Å². The minimum Gasteiger partial charge on any atom is -0.444 e. The summed E-state index contributed by atoms with van der Waals surface area (Å²) in [5.41, 5.74) is -0.0668. The van der Waals surface area contributed by atoms with Crippen molar-refractivity contribution in [1.82, 2.24) is 10.2 Å². The fraction of sp³-hybridized carbons (Fsp3) is 0.583. The van der Waals surface area contributed by atoms with Crippen LogP contribution in [0, 0.1) is 0 Å². The van der Waals surface area contributed by atoms with Crippen molar-refractivity contribution >= 4 is 24.8 Å². The van der Waals surface area contributed by atoms with Gasteiger partial charge in [-0.25, -0.2) is 9.59 Å². The Morgan fingerprint density at radius 1 is 1.06 bits per heavy atom. The first-order chi connectivity index (χ1) is 14.8. The largest absolute Gasteiger partial charge is 0.444 e. The standard InChI is InChI=1S/C14H19NO3.C10H17NO3/c1-14(2,3)18-13(17)15-12(10-16)9-11-7-5-4-6-8-11;1-10(2,3)14-9(13)11-6-4-5-8(11)7-12/h4-8,10,12H,9H2,1-3H3,(H,15,17);7-8H,4-6H2,1-3H3/t12-;8-/m11/s1. The maximum atomic E-state index is 11.6. The Hall–Kier alpha value is -2.90. The number of benzene rings is 1. The summed E-state index contributed by atoms with van der Waals surface area (Å²) in [4.78, 5) is 46.2. The second-order valence-electron chi connectivity index (χ2n) is 9.60. The number of likely N-dealkylation sites (tertiary alicyclic amines) is 1. The van der Waals surface area contributed by atoms with Gasteiger partial charge in [0, 0.05) is 6.54 Å². The Bertz CT molecular complexity index is 752. The maximum absolute atomic E-state index is 11.6. The number of ether oxygens (including phenoxy) is 2. The summed E-state index contributed by atoms with van der Waals surface area (Å²) < 4.78 is 10.3. The Morgan fingerprint density at radius 3 is 2.16 bits per heavy atom. The number of aldehydes is 2. The van der Waals surface area contributed by atoms with Crippen LogP contribution in [-0.2, 0) is 25.5 Å². The zero-order chi connectivity index (χ0) is 24.4. The third kappa shape index (κ3) is 10.9. The molecule has 2 atom stereocenters. The van der Waals surface area contributed by atoms with Gasteiger partial charge in [-0.1, -0.05) is 30.3 Å². The van der Waals surface area contributed by atoms with E-state index in [0.717, 1.165) is 31.0 Å². The van der Waals surface area contributed by atoms with E-state index in [9.17, 15) is 19.2 Å². The van der Waals surface area contributed by atoms with Crippen LogP contribution < -0.4 is 5.32 Å². The van der Waals surface area contributed by atoms with Gasteiger partial charge in [0.15, 0.2) is 0 Å². The molecule has 0 spiro atoms. The molecule has 178 valence electrons. The Kier molecular flexibility index (Phi) is 10.4. The molecule has 0 aromatic heterocycles. The average molecular weight is 449 g/mol. The molecular weight excluding hydrogens is 412 g/mol. The van der Waals surface area contributed by atoms with E-state index in [0.29, 0.717) is 13.0 Å². The summed E-state index contributed by atoms with van der Waals surface area (Å²) in [6.07, 6.45) is 2.67. The Labute approximate surface area is 190 Å². The monoisotopic (exact) mass is 448 g/mol. The van der Waals surface area contributed by atoms with Crippen molar-refractivity contribution in [3.63, 3.8) is 0 Å². The van der Waals surface area contributed by atoms with Crippen LogP contribution in [-0.4, -0.2) is 59.5 Å². The molecule has 0 saturated carbocycles. The molecule has 32 heavy (non-hydrogen) atoms. The molecular formula is C24H36N2O6. The molecule has 8 nitrogen and oxygen atoms in total. The predicted octanol–water partition coefficient (Wildman–Crippen LogP) is 3.91. The quantitative estimate of drug-likeness (QED) is 0.686. The van der Waals surface area contributed by atoms with E-state index in [-0.39, 0.29) is 12.1 Å². The van der Waals surface area contributed by atoms with Crippen molar-refractivity contribution in [2.45, 2.75) is 84.1 Å². The lowest BCUT2D eigenvalue weighted by molar-refractivity contribution is -0.111. The topological polar surface area (TPSA) is 102 Å². The summed E-state index contributed by atoms with van der Waals surface area (Å²) in [5, 5.41) is 2.54. The summed E-state index contributed by atoms with van der Waals surface area (Å²) in [7, 11) is 0. The lowest BCUT2D eigenvalue weighted by atomic mass is 10.1. The first-order valence-electron chi connectivity index (χ1n) is 10.8. The molecule has 1 aliphatic rings. The van der Waals surface area contributed by atoms with E-state index in [2.05, 4.69) is 5.32 Å². The zero-order valence-electron chi connectivity index (χ0n) is 19.9.